The number of aromatic nitrogens is 2. The molecule has 52 valence electrons. The zero-order valence-electron chi connectivity index (χ0n) is 5.53. The lowest BCUT2D eigenvalue weighted by Crippen LogP contribution is -1.83. The molecule has 0 fully saturated rings. The normalized spacial score (nSPS) is 10.9. The summed E-state index contributed by atoms with van der Waals surface area (Å²) >= 11 is 1.61. The number of hydrogen-bond donors (Lipinski definition) is 1. The Hall–Kier alpha value is -1.03. The van der Waals surface area contributed by atoms with Gasteiger partial charge in [0.1, 0.15) is 4.83 Å². The van der Waals surface area contributed by atoms with Gasteiger partial charge in [0.25, 0.3) is 0 Å². The molecule has 0 bridgehead atoms. The molecule has 2 aromatic rings. The Morgan fingerprint density at radius 1 is 1.70 bits per heavy atom. The highest BCUT2D eigenvalue weighted by Gasteiger charge is 2.04. The van der Waals surface area contributed by atoms with Crippen LogP contribution in [0.15, 0.2) is 11.6 Å². The molecule has 0 aliphatic carbocycles. The van der Waals surface area contributed by atoms with Crippen LogP contribution in [0.5, 0.6) is 0 Å². The highest BCUT2D eigenvalue weighted by atomic mass is 32.1. The number of nitrogens with two attached hydrogens (primary N) is 1. The summed E-state index contributed by atoms with van der Waals surface area (Å²) < 4.78 is 1.80. The first-order chi connectivity index (χ1) is 4.79. The minimum absolute atomic E-state index is 0.801. The molecule has 2 aromatic heterocycles. The molecule has 0 aliphatic rings. The molecular formula is C6H7N3S. The van der Waals surface area contributed by atoms with Gasteiger partial charge >= 0.3 is 0 Å². The van der Waals surface area contributed by atoms with Gasteiger partial charge in [-0.05, 0) is 6.92 Å². The van der Waals surface area contributed by atoms with Crippen molar-refractivity contribution in [3.05, 3.63) is 17.3 Å². The van der Waals surface area contributed by atoms with Crippen LogP contribution in [0, 0.1) is 6.92 Å². The van der Waals surface area contributed by atoms with Gasteiger partial charge in [0, 0.05) is 11.6 Å². The Morgan fingerprint density at radius 3 is 3.20 bits per heavy atom. The second-order valence-electron chi connectivity index (χ2n) is 2.15. The van der Waals surface area contributed by atoms with Gasteiger partial charge in [0.05, 0.1) is 11.4 Å². The molecule has 2 heterocycles. The SMILES string of the molecule is Cc1nn2ccsc2c1N. The van der Waals surface area contributed by atoms with Crippen LogP contribution >= 0.6 is 11.3 Å². The third-order valence-electron chi connectivity index (χ3n) is 1.47. The second-order valence-corrected chi connectivity index (χ2v) is 3.05. The Kier molecular flexibility index (Phi) is 0.990. The van der Waals surface area contributed by atoms with Gasteiger partial charge in [-0.15, -0.1) is 11.3 Å². The number of fused-ring (bicyclic) bond motifs is 1. The van der Waals surface area contributed by atoms with Crippen molar-refractivity contribution in [2.24, 2.45) is 0 Å². The molecule has 2 rings (SSSR count). The maximum Gasteiger partial charge on any atom is 0.142 e. The Labute approximate surface area is 62.1 Å². The van der Waals surface area contributed by atoms with Crippen LogP contribution in [0.25, 0.3) is 4.83 Å². The van der Waals surface area contributed by atoms with Gasteiger partial charge in [0.15, 0.2) is 0 Å². The summed E-state index contributed by atoms with van der Waals surface area (Å²) in [6.07, 6.45) is 1.91. The zero-order valence-corrected chi connectivity index (χ0v) is 6.35. The zero-order chi connectivity index (χ0) is 7.14. The van der Waals surface area contributed by atoms with Crippen molar-refractivity contribution in [2.75, 3.05) is 5.73 Å². The summed E-state index contributed by atoms with van der Waals surface area (Å²) in [7, 11) is 0. The number of anilines is 1. The van der Waals surface area contributed by atoms with E-state index < -0.39 is 0 Å². The van der Waals surface area contributed by atoms with Crippen molar-refractivity contribution in [1.82, 2.24) is 9.61 Å². The molecule has 0 saturated heterocycles. The number of thiazole rings is 1. The summed E-state index contributed by atoms with van der Waals surface area (Å²) in [5, 5.41) is 6.15. The van der Waals surface area contributed by atoms with Crippen LogP contribution in [-0.4, -0.2) is 9.61 Å². The molecule has 10 heavy (non-hydrogen) atoms. The number of rotatable bonds is 0. The van der Waals surface area contributed by atoms with Crippen LogP contribution in [0.2, 0.25) is 0 Å². The molecule has 4 heteroatoms. The number of nitrogen functional groups attached to an aromatic ring is 1. The molecule has 0 amide bonds. The largest absolute Gasteiger partial charge is 0.395 e. The topological polar surface area (TPSA) is 43.3 Å². The highest BCUT2D eigenvalue weighted by Crippen LogP contribution is 2.21. The number of nitrogens with zero attached hydrogens (tertiary/aromatic N) is 2. The minimum atomic E-state index is 0.801. The monoisotopic (exact) mass is 153 g/mol. The van der Waals surface area contributed by atoms with E-state index in [-0.39, 0.29) is 0 Å². The molecule has 0 atom stereocenters. The minimum Gasteiger partial charge on any atom is -0.395 e. The van der Waals surface area contributed by atoms with Gasteiger partial charge in [0.2, 0.25) is 0 Å². The summed E-state index contributed by atoms with van der Waals surface area (Å²) in [6, 6.07) is 0. The van der Waals surface area contributed by atoms with E-state index in [1.54, 1.807) is 15.9 Å². The van der Waals surface area contributed by atoms with Crippen molar-refractivity contribution < 1.29 is 0 Å². The Morgan fingerprint density at radius 2 is 2.50 bits per heavy atom. The average molecular weight is 153 g/mol. The standard InChI is InChI=1S/C6H7N3S/c1-4-5(7)6-9(8-4)2-3-10-6/h2-3H,7H2,1H3. The fourth-order valence-electron chi connectivity index (χ4n) is 0.910. The van der Waals surface area contributed by atoms with Gasteiger partial charge < -0.3 is 5.73 Å². The molecule has 0 unspecified atom stereocenters. The maximum absolute atomic E-state index is 5.71. The van der Waals surface area contributed by atoms with E-state index in [2.05, 4.69) is 5.10 Å². The molecule has 0 saturated carbocycles. The summed E-state index contributed by atoms with van der Waals surface area (Å²) in [5.41, 5.74) is 7.42. The van der Waals surface area contributed by atoms with Gasteiger partial charge in [-0.3, -0.25) is 0 Å². The Bertz CT molecular complexity index is 360. The van der Waals surface area contributed by atoms with Crippen molar-refractivity contribution in [3.8, 4) is 0 Å². The lowest BCUT2D eigenvalue weighted by molar-refractivity contribution is 0.948. The lowest BCUT2D eigenvalue weighted by Gasteiger charge is -1.81. The fraction of sp³-hybridized carbons (Fsp3) is 0.167. The predicted octanol–water partition coefficient (Wildman–Crippen LogP) is 1.29. The highest BCUT2D eigenvalue weighted by molar-refractivity contribution is 7.16. The van der Waals surface area contributed by atoms with Crippen molar-refractivity contribution >= 4 is 21.9 Å². The van der Waals surface area contributed by atoms with Crippen LogP contribution in [0.4, 0.5) is 5.69 Å². The van der Waals surface area contributed by atoms with Crippen molar-refractivity contribution in [1.29, 1.82) is 0 Å². The van der Waals surface area contributed by atoms with Crippen LogP contribution in [0.1, 0.15) is 5.69 Å². The van der Waals surface area contributed by atoms with E-state index in [0.717, 1.165) is 16.2 Å². The first kappa shape index (κ1) is 5.73. The van der Waals surface area contributed by atoms with E-state index in [0.29, 0.717) is 0 Å². The first-order valence-corrected chi connectivity index (χ1v) is 3.85. The van der Waals surface area contributed by atoms with Gasteiger partial charge in [-0.2, -0.15) is 5.10 Å². The van der Waals surface area contributed by atoms with E-state index >= 15 is 0 Å². The summed E-state index contributed by atoms with van der Waals surface area (Å²) in [6.45, 7) is 1.91. The molecule has 0 radical (unpaired) electrons. The van der Waals surface area contributed by atoms with Crippen LogP contribution in [-0.2, 0) is 0 Å². The molecule has 0 spiro atoms. The smallest absolute Gasteiger partial charge is 0.142 e. The lowest BCUT2D eigenvalue weighted by atomic mass is 10.4. The second kappa shape index (κ2) is 1.73. The number of hydrogen-bond acceptors (Lipinski definition) is 3. The van der Waals surface area contributed by atoms with Gasteiger partial charge in [-0.1, -0.05) is 0 Å². The molecule has 2 N–H and O–H groups in total. The van der Waals surface area contributed by atoms with E-state index in [9.17, 15) is 0 Å². The average Bonchev–Trinajstić information content (AvgIpc) is 2.41. The van der Waals surface area contributed by atoms with Crippen molar-refractivity contribution in [2.45, 2.75) is 6.92 Å². The van der Waals surface area contributed by atoms with Crippen LogP contribution < -0.4 is 5.73 Å². The quantitative estimate of drug-likeness (QED) is 0.619. The van der Waals surface area contributed by atoms with E-state index in [4.69, 9.17) is 5.73 Å². The number of aryl methyl sites for hydroxylation is 1. The van der Waals surface area contributed by atoms with Gasteiger partial charge in [-0.25, -0.2) is 4.52 Å². The van der Waals surface area contributed by atoms with Crippen molar-refractivity contribution in [3.63, 3.8) is 0 Å². The summed E-state index contributed by atoms with van der Waals surface area (Å²) in [5.74, 6) is 0. The van der Waals surface area contributed by atoms with E-state index in [1.807, 2.05) is 18.5 Å². The maximum atomic E-state index is 5.71. The predicted molar refractivity (Wildman–Crippen MR) is 42.2 cm³/mol. The Balaban J connectivity index is 2.95. The third kappa shape index (κ3) is 0.565. The molecule has 3 nitrogen and oxygen atoms in total. The fourth-order valence-corrected chi connectivity index (χ4v) is 1.70. The molecular weight excluding hydrogens is 146 g/mol. The van der Waals surface area contributed by atoms with Crippen LogP contribution in [0.3, 0.4) is 0 Å². The summed E-state index contributed by atoms with van der Waals surface area (Å²) in [4.78, 5) is 1.04. The molecule has 0 aliphatic heterocycles. The molecule has 0 aromatic carbocycles. The van der Waals surface area contributed by atoms with E-state index in [1.165, 1.54) is 0 Å². The first-order valence-electron chi connectivity index (χ1n) is 2.97. The third-order valence-corrected chi connectivity index (χ3v) is 2.36.